The van der Waals surface area contributed by atoms with E-state index < -0.39 is 6.10 Å². The van der Waals surface area contributed by atoms with Crippen LogP contribution in [0.4, 0.5) is 0 Å². The lowest BCUT2D eigenvalue weighted by atomic mass is 10.1. The van der Waals surface area contributed by atoms with Crippen LogP contribution in [0, 0.1) is 0 Å². The minimum Gasteiger partial charge on any atom is -0.479 e. The van der Waals surface area contributed by atoms with Crippen LogP contribution >= 0.6 is 23.2 Å². The average Bonchev–Trinajstić information content (AvgIpc) is 2.19. The molecule has 0 heterocycles. The second-order valence-corrected chi connectivity index (χ2v) is 5.92. The lowest BCUT2D eigenvalue weighted by Gasteiger charge is -2.23. The van der Waals surface area contributed by atoms with Crippen LogP contribution in [0.1, 0.15) is 27.7 Å². The first-order chi connectivity index (χ1) is 8.19. The normalized spacial score (nSPS) is 13.0. The predicted octanol–water partition coefficient (Wildman–Crippen LogP) is 3.68. The van der Waals surface area contributed by atoms with Crippen molar-refractivity contribution in [2.45, 2.75) is 39.3 Å². The zero-order valence-corrected chi connectivity index (χ0v) is 12.4. The van der Waals surface area contributed by atoms with E-state index in [1.165, 1.54) is 0 Å². The number of carbonyl (C=O) groups excluding carboxylic acids is 1. The minimum absolute atomic E-state index is 0.187. The molecule has 0 aliphatic rings. The van der Waals surface area contributed by atoms with Crippen molar-refractivity contribution < 1.29 is 9.53 Å². The molecule has 5 heteroatoms. The lowest BCUT2D eigenvalue weighted by molar-refractivity contribution is -0.128. The Morgan fingerprint density at radius 1 is 1.33 bits per heavy atom. The first-order valence-electron chi connectivity index (χ1n) is 5.63. The van der Waals surface area contributed by atoms with Crippen molar-refractivity contribution in [1.82, 2.24) is 5.32 Å². The van der Waals surface area contributed by atoms with Crippen molar-refractivity contribution in [2.24, 2.45) is 0 Å². The van der Waals surface area contributed by atoms with Crippen LogP contribution < -0.4 is 10.1 Å². The third kappa shape index (κ3) is 4.75. The molecule has 100 valence electrons. The zero-order valence-electron chi connectivity index (χ0n) is 10.9. The van der Waals surface area contributed by atoms with Gasteiger partial charge in [-0.25, -0.2) is 0 Å². The van der Waals surface area contributed by atoms with Gasteiger partial charge in [0, 0.05) is 10.6 Å². The molecule has 18 heavy (non-hydrogen) atoms. The number of nitrogens with one attached hydrogen (secondary N) is 1. The molecule has 1 atom stereocenters. The summed E-state index contributed by atoms with van der Waals surface area (Å²) in [5, 5.41) is 3.75. The first kappa shape index (κ1) is 15.1. The van der Waals surface area contributed by atoms with Crippen molar-refractivity contribution >= 4 is 29.1 Å². The van der Waals surface area contributed by atoms with Gasteiger partial charge < -0.3 is 10.1 Å². The van der Waals surface area contributed by atoms with Gasteiger partial charge in [-0.3, -0.25) is 4.79 Å². The molecule has 0 bridgehead atoms. The highest BCUT2D eigenvalue weighted by molar-refractivity contribution is 6.35. The SMILES string of the molecule is C[C@H](Oc1ccc(Cl)cc1Cl)C(=O)NC(C)(C)C. The fraction of sp³-hybridized carbons (Fsp3) is 0.462. The minimum atomic E-state index is -0.622. The van der Waals surface area contributed by atoms with Crippen LogP contribution in [0.15, 0.2) is 18.2 Å². The third-order valence-corrected chi connectivity index (χ3v) is 2.60. The Hall–Kier alpha value is -0.930. The molecular formula is C13H17Cl2NO2. The molecular weight excluding hydrogens is 273 g/mol. The highest BCUT2D eigenvalue weighted by atomic mass is 35.5. The molecule has 1 rings (SSSR count). The van der Waals surface area contributed by atoms with E-state index in [1.807, 2.05) is 20.8 Å². The van der Waals surface area contributed by atoms with Crippen LogP contribution in [0.2, 0.25) is 10.0 Å². The fourth-order valence-electron chi connectivity index (χ4n) is 1.29. The highest BCUT2D eigenvalue weighted by Crippen LogP contribution is 2.28. The van der Waals surface area contributed by atoms with Gasteiger partial charge in [-0.2, -0.15) is 0 Å². The van der Waals surface area contributed by atoms with Gasteiger partial charge in [-0.05, 0) is 45.9 Å². The van der Waals surface area contributed by atoms with E-state index in [0.717, 1.165) is 0 Å². The Kier molecular flexibility index (Phi) is 4.88. The quantitative estimate of drug-likeness (QED) is 0.922. The van der Waals surface area contributed by atoms with E-state index in [9.17, 15) is 4.79 Å². The van der Waals surface area contributed by atoms with Crippen LogP contribution in [-0.4, -0.2) is 17.6 Å². The Labute approximate surface area is 117 Å². The van der Waals surface area contributed by atoms with Crippen molar-refractivity contribution in [3.63, 3.8) is 0 Å². The molecule has 0 aliphatic carbocycles. The molecule has 1 aromatic carbocycles. The van der Waals surface area contributed by atoms with Gasteiger partial charge >= 0.3 is 0 Å². The van der Waals surface area contributed by atoms with Crippen molar-refractivity contribution in [2.75, 3.05) is 0 Å². The molecule has 0 aromatic heterocycles. The summed E-state index contributed by atoms with van der Waals surface area (Å²) in [6, 6.07) is 4.88. The van der Waals surface area contributed by atoms with Gasteiger partial charge in [0.25, 0.3) is 5.91 Å². The summed E-state index contributed by atoms with van der Waals surface area (Å²) < 4.78 is 5.51. The number of ether oxygens (including phenoxy) is 1. The number of halogens is 2. The molecule has 0 unspecified atom stereocenters. The summed E-state index contributed by atoms with van der Waals surface area (Å²) in [6.45, 7) is 7.40. The van der Waals surface area contributed by atoms with Crippen LogP contribution in [0.5, 0.6) is 5.75 Å². The summed E-state index contributed by atoms with van der Waals surface area (Å²) in [5.74, 6) is 0.256. The summed E-state index contributed by atoms with van der Waals surface area (Å²) in [7, 11) is 0. The second-order valence-electron chi connectivity index (χ2n) is 5.07. The molecule has 0 radical (unpaired) electrons. The largest absolute Gasteiger partial charge is 0.479 e. The molecule has 1 N–H and O–H groups in total. The van der Waals surface area contributed by atoms with E-state index in [4.69, 9.17) is 27.9 Å². The number of rotatable bonds is 3. The van der Waals surface area contributed by atoms with E-state index in [2.05, 4.69) is 5.32 Å². The van der Waals surface area contributed by atoms with E-state index in [0.29, 0.717) is 15.8 Å². The summed E-state index contributed by atoms with van der Waals surface area (Å²) in [4.78, 5) is 11.8. The molecule has 1 amide bonds. The monoisotopic (exact) mass is 289 g/mol. The lowest BCUT2D eigenvalue weighted by Crippen LogP contribution is -2.46. The fourth-order valence-corrected chi connectivity index (χ4v) is 1.74. The maximum Gasteiger partial charge on any atom is 0.261 e. The number of carbonyl (C=O) groups is 1. The molecule has 0 fully saturated rings. The number of amides is 1. The van der Waals surface area contributed by atoms with Gasteiger partial charge in [-0.1, -0.05) is 23.2 Å². The highest BCUT2D eigenvalue weighted by Gasteiger charge is 2.21. The summed E-state index contributed by atoms with van der Waals surface area (Å²) >= 11 is 11.8. The van der Waals surface area contributed by atoms with E-state index >= 15 is 0 Å². The molecule has 0 aliphatic heterocycles. The van der Waals surface area contributed by atoms with Crippen molar-refractivity contribution in [1.29, 1.82) is 0 Å². The smallest absolute Gasteiger partial charge is 0.261 e. The maximum atomic E-state index is 11.8. The topological polar surface area (TPSA) is 38.3 Å². The van der Waals surface area contributed by atoms with Gasteiger partial charge in [0.1, 0.15) is 5.75 Å². The maximum absolute atomic E-state index is 11.8. The van der Waals surface area contributed by atoms with Crippen molar-refractivity contribution in [3.05, 3.63) is 28.2 Å². The predicted molar refractivity (Wildman–Crippen MR) is 74.4 cm³/mol. The zero-order chi connectivity index (χ0) is 13.9. The molecule has 3 nitrogen and oxygen atoms in total. The van der Waals surface area contributed by atoms with E-state index in [-0.39, 0.29) is 11.4 Å². The third-order valence-electron chi connectivity index (χ3n) is 2.07. The standard InChI is InChI=1S/C13H17Cl2NO2/c1-8(12(17)16-13(2,3)4)18-11-6-5-9(14)7-10(11)15/h5-8H,1-4H3,(H,16,17)/t8-/m0/s1. The number of benzene rings is 1. The molecule has 0 spiro atoms. The molecule has 1 aromatic rings. The van der Waals surface area contributed by atoms with Gasteiger partial charge in [0.05, 0.1) is 5.02 Å². The summed E-state index contributed by atoms with van der Waals surface area (Å²) in [6.07, 6.45) is -0.622. The molecule has 0 saturated heterocycles. The number of hydrogen-bond donors (Lipinski definition) is 1. The van der Waals surface area contributed by atoms with Gasteiger partial charge in [-0.15, -0.1) is 0 Å². The first-order valence-corrected chi connectivity index (χ1v) is 6.38. The van der Waals surface area contributed by atoms with Gasteiger partial charge in [0.2, 0.25) is 0 Å². The van der Waals surface area contributed by atoms with Crippen LogP contribution in [0.25, 0.3) is 0 Å². The summed E-state index contributed by atoms with van der Waals surface area (Å²) in [5.41, 5.74) is -0.293. The Morgan fingerprint density at radius 3 is 2.44 bits per heavy atom. The van der Waals surface area contributed by atoms with Crippen molar-refractivity contribution in [3.8, 4) is 5.75 Å². The van der Waals surface area contributed by atoms with E-state index in [1.54, 1.807) is 25.1 Å². The Balaban J connectivity index is 2.69. The molecule has 0 saturated carbocycles. The second kappa shape index (κ2) is 5.81. The Morgan fingerprint density at radius 2 is 1.94 bits per heavy atom. The average molecular weight is 290 g/mol. The van der Waals surface area contributed by atoms with Crippen LogP contribution in [-0.2, 0) is 4.79 Å². The van der Waals surface area contributed by atoms with Crippen LogP contribution in [0.3, 0.4) is 0 Å². The number of hydrogen-bond acceptors (Lipinski definition) is 2. The Bertz CT molecular complexity index is 441. The van der Waals surface area contributed by atoms with Gasteiger partial charge in [0.15, 0.2) is 6.10 Å².